The number of ether oxygens (including phenoxy) is 1. The van der Waals surface area contributed by atoms with Gasteiger partial charge in [-0.05, 0) is 54.6 Å². The molecule has 0 unspecified atom stereocenters. The highest BCUT2D eigenvalue weighted by molar-refractivity contribution is 6.01. The molecule has 0 aliphatic heterocycles. The second-order valence-corrected chi connectivity index (χ2v) is 6.72. The summed E-state index contributed by atoms with van der Waals surface area (Å²) in [6.45, 7) is 3.93. The number of carbonyl (C=O) groups excluding carboxylic acids is 2. The third-order valence-corrected chi connectivity index (χ3v) is 4.82. The summed E-state index contributed by atoms with van der Waals surface area (Å²) in [7, 11) is 0. The number of furan rings is 1. The summed E-state index contributed by atoms with van der Waals surface area (Å²) in [5.74, 6) is -0.109. The first-order valence-electron chi connectivity index (χ1n) is 9.26. The van der Waals surface area contributed by atoms with Crippen molar-refractivity contribution in [1.82, 2.24) is 24.8 Å². The number of carbonyl (C=O) groups is 2. The molecule has 30 heavy (non-hydrogen) atoms. The predicted molar refractivity (Wildman–Crippen MR) is 105 cm³/mol. The first kappa shape index (κ1) is 19.3. The highest BCUT2D eigenvalue weighted by Gasteiger charge is 2.20. The third kappa shape index (κ3) is 3.77. The number of rotatable bonds is 7. The van der Waals surface area contributed by atoms with E-state index in [9.17, 15) is 9.59 Å². The van der Waals surface area contributed by atoms with Crippen molar-refractivity contribution in [3.05, 3.63) is 83.3 Å². The monoisotopic (exact) mass is 405 g/mol. The molecule has 152 valence electrons. The van der Waals surface area contributed by atoms with Gasteiger partial charge < -0.3 is 13.7 Å². The van der Waals surface area contributed by atoms with Crippen molar-refractivity contribution < 1.29 is 18.7 Å². The van der Waals surface area contributed by atoms with Gasteiger partial charge in [-0.25, -0.2) is 4.79 Å². The maximum Gasteiger partial charge on any atom is 0.340 e. The normalized spacial score (nSPS) is 10.9. The standard InChI is InChI=1S/C21H19N5O4/c1-14-10-18(15(2)25(14)11-16-6-5-9-29-16)20(27)12-30-21(28)17-7-3-4-8-19(17)26-13-22-23-24-26/h3-10,13H,11-12H2,1-2H3. The molecule has 0 bridgehead atoms. The number of para-hydroxylation sites is 1. The molecular weight excluding hydrogens is 386 g/mol. The smallest absolute Gasteiger partial charge is 0.340 e. The Hall–Kier alpha value is -4.01. The van der Waals surface area contributed by atoms with E-state index in [-0.39, 0.29) is 18.0 Å². The van der Waals surface area contributed by atoms with Crippen LogP contribution in [0.1, 0.15) is 37.9 Å². The highest BCUT2D eigenvalue weighted by atomic mass is 16.5. The second kappa shape index (κ2) is 8.16. The van der Waals surface area contributed by atoms with Crippen LogP contribution < -0.4 is 0 Å². The van der Waals surface area contributed by atoms with Gasteiger partial charge in [0, 0.05) is 17.0 Å². The summed E-state index contributed by atoms with van der Waals surface area (Å²) in [4.78, 5) is 25.3. The molecule has 0 saturated heterocycles. The molecule has 9 heteroatoms. The Balaban J connectivity index is 1.48. The lowest BCUT2D eigenvalue weighted by molar-refractivity contribution is 0.0474. The van der Waals surface area contributed by atoms with E-state index < -0.39 is 5.97 Å². The molecular formula is C21H19N5O4. The molecule has 0 aliphatic carbocycles. The molecule has 4 aromatic rings. The van der Waals surface area contributed by atoms with Crippen LogP contribution in [0.4, 0.5) is 0 Å². The highest BCUT2D eigenvalue weighted by Crippen LogP contribution is 2.19. The first-order chi connectivity index (χ1) is 14.5. The minimum Gasteiger partial charge on any atom is -0.467 e. The lowest BCUT2D eigenvalue weighted by atomic mass is 10.1. The second-order valence-electron chi connectivity index (χ2n) is 6.72. The number of esters is 1. The molecule has 3 aromatic heterocycles. The zero-order chi connectivity index (χ0) is 21.1. The number of benzene rings is 1. The summed E-state index contributed by atoms with van der Waals surface area (Å²) in [5.41, 5.74) is 2.96. The van der Waals surface area contributed by atoms with Crippen LogP contribution in [0.2, 0.25) is 0 Å². The number of nitrogens with zero attached hydrogens (tertiary/aromatic N) is 5. The quantitative estimate of drug-likeness (QED) is 0.344. The topological polar surface area (TPSA) is 105 Å². The Labute approximate surface area is 171 Å². The van der Waals surface area contributed by atoms with Crippen LogP contribution in [0.3, 0.4) is 0 Å². The van der Waals surface area contributed by atoms with Crippen molar-refractivity contribution in [3.63, 3.8) is 0 Å². The van der Waals surface area contributed by atoms with Gasteiger partial charge in [0.2, 0.25) is 5.78 Å². The van der Waals surface area contributed by atoms with Crippen LogP contribution in [0, 0.1) is 13.8 Å². The molecule has 0 atom stereocenters. The average Bonchev–Trinajstić information content (AvgIpc) is 3.51. The lowest BCUT2D eigenvalue weighted by Gasteiger charge is -2.09. The van der Waals surface area contributed by atoms with E-state index in [1.807, 2.05) is 30.5 Å². The lowest BCUT2D eigenvalue weighted by Crippen LogP contribution is -2.17. The molecule has 1 aromatic carbocycles. The first-order valence-corrected chi connectivity index (χ1v) is 9.26. The van der Waals surface area contributed by atoms with E-state index in [0.29, 0.717) is 17.8 Å². The Morgan fingerprint density at radius 1 is 1.10 bits per heavy atom. The van der Waals surface area contributed by atoms with E-state index in [1.54, 1.807) is 36.6 Å². The Morgan fingerprint density at radius 2 is 1.93 bits per heavy atom. The van der Waals surface area contributed by atoms with Crippen molar-refractivity contribution in [2.75, 3.05) is 6.61 Å². The number of Topliss-reactive ketones (excluding diaryl/α,β-unsaturated/α-hetero) is 1. The number of hydrogen-bond donors (Lipinski definition) is 0. The van der Waals surface area contributed by atoms with E-state index in [4.69, 9.17) is 9.15 Å². The van der Waals surface area contributed by atoms with Crippen LogP contribution in [-0.2, 0) is 11.3 Å². The molecule has 0 amide bonds. The summed E-state index contributed by atoms with van der Waals surface area (Å²) in [6.07, 6.45) is 2.99. The van der Waals surface area contributed by atoms with Crippen molar-refractivity contribution >= 4 is 11.8 Å². The molecule has 0 spiro atoms. The van der Waals surface area contributed by atoms with Gasteiger partial charge in [0.05, 0.1) is 24.1 Å². The maximum absolute atomic E-state index is 12.7. The van der Waals surface area contributed by atoms with Crippen molar-refractivity contribution in [2.24, 2.45) is 0 Å². The van der Waals surface area contributed by atoms with E-state index in [2.05, 4.69) is 15.5 Å². The Kier molecular flexibility index (Phi) is 5.25. The number of hydrogen-bond acceptors (Lipinski definition) is 7. The molecule has 4 rings (SSSR count). The fourth-order valence-corrected chi connectivity index (χ4v) is 3.29. The van der Waals surface area contributed by atoms with Crippen molar-refractivity contribution in [2.45, 2.75) is 20.4 Å². The zero-order valence-electron chi connectivity index (χ0n) is 16.5. The number of ketones is 1. The van der Waals surface area contributed by atoms with Gasteiger partial charge in [-0.1, -0.05) is 12.1 Å². The van der Waals surface area contributed by atoms with Gasteiger partial charge in [0.1, 0.15) is 12.1 Å². The third-order valence-electron chi connectivity index (χ3n) is 4.82. The van der Waals surface area contributed by atoms with Gasteiger partial charge in [0.25, 0.3) is 0 Å². The molecule has 0 aliphatic rings. The fourth-order valence-electron chi connectivity index (χ4n) is 3.29. The minimum absolute atomic E-state index is 0.265. The zero-order valence-corrected chi connectivity index (χ0v) is 16.5. The largest absolute Gasteiger partial charge is 0.467 e. The van der Waals surface area contributed by atoms with Crippen LogP contribution in [0.5, 0.6) is 0 Å². The van der Waals surface area contributed by atoms with Gasteiger partial charge in [-0.3, -0.25) is 4.79 Å². The number of aryl methyl sites for hydroxylation is 1. The van der Waals surface area contributed by atoms with Crippen LogP contribution in [-0.4, -0.2) is 43.1 Å². The number of tetrazole rings is 1. The molecule has 0 fully saturated rings. The van der Waals surface area contributed by atoms with Crippen LogP contribution in [0.15, 0.2) is 59.5 Å². The molecule has 0 radical (unpaired) electrons. The summed E-state index contributed by atoms with van der Waals surface area (Å²) < 4.78 is 14.0. The Morgan fingerprint density at radius 3 is 2.67 bits per heavy atom. The van der Waals surface area contributed by atoms with E-state index in [1.165, 1.54) is 11.0 Å². The Bertz CT molecular complexity index is 1180. The van der Waals surface area contributed by atoms with Crippen LogP contribution >= 0.6 is 0 Å². The maximum atomic E-state index is 12.7. The van der Waals surface area contributed by atoms with E-state index in [0.717, 1.165) is 17.1 Å². The van der Waals surface area contributed by atoms with Gasteiger partial charge in [-0.2, -0.15) is 4.68 Å². The SMILES string of the molecule is Cc1cc(C(=O)COC(=O)c2ccccc2-n2cnnn2)c(C)n1Cc1ccco1. The van der Waals surface area contributed by atoms with Gasteiger partial charge in [-0.15, -0.1) is 5.10 Å². The summed E-state index contributed by atoms with van der Waals surface area (Å²) >= 11 is 0. The number of aromatic nitrogens is 5. The fraction of sp³-hybridized carbons (Fsp3) is 0.190. The minimum atomic E-state index is -0.626. The summed E-state index contributed by atoms with van der Waals surface area (Å²) in [5, 5.41) is 11.0. The van der Waals surface area contributed by atoms with Gasteiger partial charge >= 0.3 is 5.97 Å². The molecule has 0 N–H and O–H groups in total. The van der Waals surface area contributed by atoms with E-state index >= 15 is 0 Å². The van der Waals surface area contributed by atoms with Crippen molar-refractivity contribution in [3.8, 4) is 5.69 Å². The van der Waals surface area contributed by atoms with Gasteiger partial charge in [0.15, 0.2) is 6.61 Å². The van der Waals surface area contributed by atoms with Crippen LogP contribution in [0.25, 0.3) is 5.69 Å². The molecule has 0 saturated carbocycles. The van der Waals surface area contributed by atoms with Crippen molar-refractivity contribution in [1.29, 1.82) is 0 Å². The summed E-state index contributed by atoms with van der Waals surface area (Å²) in [6, 6.07) is 12.2. The predicted octanol–water partition coefficient (Wildman–Crippen LogP) is 2.76. The molecule has 3 heterocycles. The molecule has 9 nitrogen and oxygen atoms in total. The average molecular weight is 405 g/mol.